The van der Waals surface area contributed by atoms with Crippen molar-refractivity contribution in [3.63, 3.8) is 0 Å². The van der Waals surface area contributed by atoms with E-state index in [9.17, 15) is 4.79 Å². The van der Waals surface area contributed by atoms with Crippen molar-refractivity contribution >= 4 is 5.91 Å². The molecule has 1 amide bonds. The number of aromatic nitrogens is 1. The quantitative estimate of drug-likeness (QED) is 0.787. The third kappa shape index (κ3) is 5.89. The Morgan fingerprint density at radius 3 is 2.78 bits per heavy atom. The molecule has 0 saturated carbocycles. The van der Waals surface area contributed by atoms with Crippen LogP contribution in [-0.2, 0) is 20.8 Å². The average molecular weight is 321 g/mol. The molecule has 0 N–H and O–H groups in total. The van der Waals surface area contributed by atoms with Crippen LogP contribution in [-0.4, -0.2) is 72.8 Å². The van der Waals surface area contributed by atoms with Crippen LogP contribution in [0.2, 0.25) is 0 Å². The van der Waals surface area contributed by atoms with E-state index in [2.05, 4.69) is 23.7 Å². The third-order valence-corrected chi connectivity index (χ3v) is 3.74. The molecule has 6 heteroatoms. The van der Waals surface area contributed by atoms with Gasteiger partial charge in [0.1, 0.15) is 6.61 Å². The van der Waals surface area contributed by atoms with Crippen molar-refractivity contribution in [3.8, 4) is 0 Å². The number of nitrogens with zero attached hydrogens (tertiary/aromatic N) is 3. The number of carbonyl (C=O) groups is 1. The molecule has 0 unspecified atom stereocenters. The van der Waals surface area contributed by atoms with Crippen LogP contribution in [0.25, 0.3) is 0 Å². The molecule has 128 valence electrons. The van der Waals surface area contributed by atoms with Crippen molar-refractivity contribution in [2.75, 3.05) is 40.4 Å². The van der Waals surface area contributed by atoms with E-state index in [1.165, 1.54) is 10.5 Å². The zero-order valence-electron chi connectivity index (χ0n) is 14.5. The van der Waals surface area contributed by atoms with Crippen molar-refractivity contribution in [3.05, 3.63) is 30.1 Å². The van der Waals surface area contributed by atoms with Gasteiger partial charge in [0.25, 0.3) is 0 Å². The van der Waals surface area contributed by atoms with Crippen LogP contribution in [0.3, 0.4) is 0 Å². The van der Waals surface area contributed by atoms with E-state index in [0.29, 0.717) is 6.61 Å². The Bertz CT molecular complexity index is 505. The first-order valence-corrected chi connectivity index (χ1v) is 7.93. The highest BCUT2D eigenvalue weighted by Crippen LogP contribution is 2.22. The lowest BCUT2D eigenvalue weighted by atomic mass is 10.0. The van der Waals surface area contributed by atoms with Crippen molar-refractivity contribution in [2.24, 2.45) is 0 Å². The summed E-state index contributed by atoms with van der Waals surface area (Å²) in [5.74, 6) is -0.0336. The molecule has 0 bridgehead atoms. The molecule has 1 aromatic rings. The van der Waals surface area contributed by atoms with Gasteiger partial charge < -0.3 is 14.4 Å². The van der Waals surface area contributed by atoms with Crippen LogP contribution in [0.1, 0.15) is 19.4 Å². The maximum Gasteiger partial charge on any atom is 0.248 e. The van der Waals surface area contributed by atoms with E-state index in [1.807, 2.05) is 24.5 Å². The summed E-state index contributed by atoms with van der Waals surface area (Å²) in [7, 11) is 3.45. The molecule has 0 aromatic carbocycles. The fourth-order valence-electron chi connectivity index (χ4n) is 2.78. The van der Waals surface area contributed by atoms with Gasteiger partial charge in [-0.05, 0) is 31.5 Å². The van der Waals surface area contributed by atoms with E-state index in [0.717, 1.165) is 19.6 Å². The average Bonchev–Trinajstić information content (AvgIpc) is 2.46. The summed E-state index contributed by atoms with van der Waals surface area (Å²) >= 11 is 0. The summed E-state index contributed by atoms with van der Waals surface area (Å²) in [6.07, 6.45) is 3.60. The van der Waals surface area contributed by atoms with Crippen LogP contribution in [0.5, 0.6) is 0 Å². The Balaban J connectivity index is 1.87. The first-order chi connectivity index (χ1) is 10.9. The van der Waals surface area contributed by atoms with E-state index in [-0.39, 0.29) is 24.2 Å². The first-order valence-electron chi connectivity index (χ1n) is 7.93. The molecule has 1 aromatic heterocycles. The number of pyridine rings is 1. The van der Waals surface area contributed by atoms with Crippen molar-refractivity contribution in [1.29, 1.82) is 0 Å². The highest BCUT2D eigenvalue weighted by atomic mass is 16.5. The molecule has 1 saturated heterocycles. The second-order valence-electron chi connectivity index (χ2n) is 6.83. The zero-order valence-corrected chi connectivity index (χ0v) is 14.5. The minimum Gasteiger partial charge on any atom is -0.369 e. The van der Waals surface area contributed by atoms with Gasteiger partial charge in [0, 0.05) is 46.1 Å². The number of hydrogen-bond donors (Lipinski definition) is 0. The van der Waals surface area contributed by atoms with Crippen LogP contribution in [0.4, 0.5) is 0 Å². The SMILES string of the molecule is CN(C)C(=O)COC[C@@H]1CN(Cc2ccncc2)CC(C)(C)O1. The highest BCUT2D eigenvalue weighted by Gasteiger charge is 2.33. The topological polar surface area (TPSA) is 54.9 Å². The van der Waals surface area contributed by atoms with Crippen molar-refractivity contribution in [2.45, 2.75) is 32.1 Å². The molecule has 2 heterocycles. The molecule has 1 aliphatic rings. The van der Waals surface area contributed by atoms with Crippen LogP contribution < -0.4 is 0 Å². The monoisotopic (exact) mass is 321 g/mol. The summed E-state index contributed by atoms with van der Waals surface area (Å²) in [6, 6.07) is 4.06. The van der Waals surface area contributed by atoms with Gasteiger partial charge in [0.15, 0.2) is 0 Å². The largest absolute Gasteiger partial charge is 0.369 e. The van der Waals surface area contributed by atoms with Gasteiger partial charge in [-0.15, -0.1) is 0 Å². The molecule has 1 atom stereocenters. The van der Waals surface area contributed by atoms with E-state index in [4.69, 9.17) is 9.47 Å². The number of likely N-dealkylation sites (N-methyl/N-ethyl adjacent to an activating group) is 1. The minimum absolute atomic E-state index is 0.0319. The van der Waals surface area contributed by atoms with Gasteiger partial charge in [-0.3, -0.25) is 14.7 Å². The maximum absolute atomic E-state index is 11.6. The van der Waals surface area contributed by atoms with Gasteiger partial charge in [-0.2, -0.15) is 0 Å². The van der Waals surface area contributed by atoms with Crippen molar-refractivity contribution < 1.29 is 14.3 Å². The first kappa shape index (κ1) is 17.8. The third-order valence-electron chi connectivity index (χ3n) is 3.74. The number of ether oxygens (including phenoxy) is 2. The van der Waals surface area contributed by atoms with Gasteiger partial charge in [-0.25, -0.2) is 0 Å². The number of rotatable bonds is 6. The maximum atomic E-state index is 11.6. The molecule has 6 nitrogen and oxygen atoms in total. The number of morpholine rings is 1. The second kappa shape index (κ2) is 7.86. The lowest BCUT2D eigenvalue weighted by Gasteiger charge is -2.42. The van der Waals surface area contributed by atoms with Crippen molar-refractivity contribution in [1.82, 2.24) is 14.8 Å². The predicted octanol–water partition coefficient (Wildman–Crippen LogP) is 1.17. The predicted molar refractivity (Wildman–Crippen MR) is 88.0 cm³/mol. The van der Waals surface area contributed by atoms with Gasteiger partial charge in [-0.1, -0.05) is 0 Å². The Kier molecular flexibility index (Phi) is 6.10. The molecule has 0 radical (unpaired) electrons. The molecule has 1 fully saturated rings. The van der Waals surface area contributed by atoms with E-state index in [1.54, 1.807) is 14.1 Å². The van der Waals surface area contributed by atoms with Crippen LogP contribution >= 0.6 is 0 Å². The second-order valence-corrected chi connectivity index (χ2v) is 6.83. The Hall–Kier alpha value is -1.50. The molecule has 0 aliphatic carbocycles. The minimum atomic E-state index is -0.231. The van der Waals surface area contributed by atoms with Crippen LogP contribution in [0, 0.1) is 0 Å². The summed E-state index contributed by atoms with van der Waals surface area (Å²) in [6.45, 7) is 7.22. The molecule has 1 aliphatic heterocycles. The Morgan fingerprint density at radius 1 is 1.43 bits per heavy atom. The summed E-state index contributed by atoms with van der Waals surface area (Å²) in [4.78, 5) is 19.5. The Labute approximate surface area is 138 Å². The fraction of sp³-hybridized carbons (Fsp3) is 0.647. The Morgan fingerprint density at radius 2 is 2.13 bits per heavy atom. The smallest absolute Gasteiger partial charge is 0.248 e. The molecule has 23 heavy (non-hydrogen) atoms. The van der Waals surface area contributed by atoms with Crippen LogP contribution in [0.15, 0.2) is 24.5 Å². The lowest BCUT2D eigenvalue weighted by molar-refractivity contribution is -0.161. The number of amides is 1. The summed E-state index contributed by atoms with van der Waals surface area (Å²) < 4.78 is 11.6. The normalized spacial score (nSPS) is 21.1. The fourth-order valence-corrected chi connectivity index (χ4v) is 2.78. The molecular weight excluding hydrogens is 294 g/mol. The molecule has 0 spiro atoms. The highest BCUT2D eigenvalue weighted by molar-refractivity contribution is 5.76. The van der Waals surface area contributed by atoms with Gasteiger partial charge >= 0.3 is 0 Å². The van der Waals surface area contributed by atoms with Gasteiger partial charge in [0.2, 0.25) is 5.91 Å². The zero-order chi connectivity index (χ0) is 16.9. The molecule has 2 rings (SSSR count). The van der Waals surface area contributed by atoms with Gasteiger partial charge in [0.05, 0.1) is 18.3 Å². The standard InChI is InChI=1S/C17H27N3O3/c1-17(2)13-20(9-14-5-7-18-8-6-14)10-15(23-17)11-22-12-16(21)19(3)4/h5-8,15H,9-13H2,1-4H3/t15-/m0/s1. The van der Waals surface area contributed by atoms with E-state index >= 15 is 0 Å². The summed E-state index contributed by atoms with van der Waals surface area (Å²) in [5.41, 5.74) is 1.00. The van der Waals surface area contributed by atoms with E-state index < -0.39 is 0 Å². The number of hydrogen-bond acceptors (Lipinski definition) is 5. The lowest BCUT2D eigenvalue weighted by Crippen LogP contribution is -2.53. The molecular formula is C17H27N3O3. The summed E-state index contributed by atoms with van der Waals surface area (Å²) in [5, 5.41) is 0. The number of carbonyl (C=O) groups excluding carboxylic acids is 1.